The molecular formula is C15H13F2N5O. The predicted molar refractivity (Wildman–Crippen MR) is 79.4 cm³/mol. The summed E-state index contributed by atoms with van der Waals surface area (Å²) >= 11 is 0. The molecule has 0 radical (unpaired) electrons. The number of nitrogens with zero attached hydrogens (tertiary/aromatic N) is 3. The van der Waals surface area contributed by atoms with Crippen molar-refractivity contribution >= 4 is 5.91 Å². The van der Waals surface area contributed by atoms with E-state index in [0.717, 1.165) is 0 Å². The van der Waals surface area contributed by atoms with Crippen LogP contribution in [-0.4, -0.2) is 25.7 Å². The minimum Gasteiger partial charge on any atom is -0.363 e. The van der Waals surface area contributed by atoms with E-state index in [-0.39, 0.29) is 22.6 Å². The minimum absolute atomic E-state index is 0.0328. The van der Waals surface area contributed by atoms with Gasteiger partial charge in [-0.1, -0.05) is 6.07 Å². The second-order valence-corrected chi connectivity index (χ2v) is 5.12. The average molecular weight is 317 g/mol. The summed E-state index contributed by atoms with van der Waals surface area (Å²) in [6.45, 7) is 1.71. The van der Waals surface area contributed by atoms with E-state index >= 15 is 0 Å². The van der Waals surface area contributed by atoms with Crippen LogP contribution in [0.1, 0.15) is 16.3 Å². The number of primary amides is 1. The molecule has 0 spiro atoms. The summed E-state index contributed by atoms with van der Waals surface area (Å²) in [7, 11) is 1.55. The van der Waals surface area contributed by atoms with E-state index in [1.165, 1.54) is 29.1 Å². The van der Waals surface area contributed by atoms with E-state index < -0.39 is 17.5 Å². The van der Waals surface area contributed by atoms with E-state index in [2.05, 4.69) is 15.2 Å². The number of rotatable bonds is 3. The standard InChI is InChI=1S/C15H13F2N5O/c1-7-10(5-19-21-7)8-3-4-9(13(17)12(8)16)11-6-22(2)15(20-11)14(18)23/h3-6H,1-2H3,(H2,18,23)(H,19,21). The van der Waals surface area contributed by atoms with Gasteiger partial charge in [0, 0.05) is 35.6 Å². The van der Waals surface area contributed by atoms with Crippen LogP contribution in [0.2, 0.25) is 0 Å². The van der Waals surface area contributed by atoms with Crippen molar-refractivity contribution in [2.24, 2.45) is 12.8 Å². The molecule has 118 valence electrons. The number of nitrogens with two attached hydrogens (primary N) is 1. The Morgan fingerprint density at radius 3 is 2.43 bits per heavy atom. The van der Waals surface area contributed by atoms with E-state index in [1.807, 2.05) is 0 Å². The Labute approximate surface area is 130 Å². The maximum Gasteiger partial charge on any atom is 0.284 e. The Bertz CT molecular complexity index is 913. The van der Waals surface area contributed by atoms with Crippen LogP contribution in [0, 0.1) is 18.6 Å². The Balaban J connectivity index is 2.13. The Kier molecular flexibility index (Phi) is 3.44. The number of H-pyrrole nitrogens is 1. The fourth-order valence-electron chi connectivity index (χ4n) is 2.40. The largest absolute Gasteiger partial charge is 0.363 e. The number of aryl methyl sites for hydroxylation is 2. The van der Waals surface area contributed by atoms with Gasteiger partial charge in [0.2, 0.25) is 0 Å². The van der Waals surface area contributed by atoms with Crippen LogP contribution < -0.4 is 5.73 Å². The highest BCUT2D eigenvalue weighted by Crippen LogP contribution is 2.31. The molecule has 2 aromatic heterocycles. The fraction of sp³-hybridized carbons (Fsp3) is 0.133. The van der Waals surface area contributed by atoms with Gasteiger partial charge < -0.3 is 10.3 Å². The summed E-state index contributed by atoms with van der Waals surface area (Å²) in [6.07, 6.45) is 2.85. The highest BCUT2D eigenvalue weighted by molar-refractivity contribution is 5.90. The van der Waals surface area contributed by atoms with Crippen molar-refractivity contribution in [3.05, 3.63) is 47.7 Å². The summed E-state index contributed by atoms with van der Waals surface area (Å²) in [5.74, 6) is -2.82. The number of carbonyl (C=O) groups excluding carboxylic acids is 1. The van der Waals surface area contributed by atoms with Gasteiger partial charge >= 0.3 is 0 Å². The number of imidazole rings is 1. The zero-order valence-corrected chi connectivity index (χ0v) is 12.4. The third kappa shape index (κ3) is 2.37. The number of aromatic amines is 1. The lowest BCUT2D eigenvalue weighted by molar-refractivity contribution is 0.0987. The third-order valence-electron chi connectivity index (χ3n) is 3.58. The first-order chi connectivity index (χ1) is 10.9. The first kappa shape index (κ1) is 14.9. The van der Waals surface area contributed by atoms with Gasteiger partial charge in [0.1, 0.15) is 0 Å². The number of carbonyl (C=O) groups is 1. The van der Waals surface area contributed by atoms with Crippen LogP contribution in [0.25, 0.3) is 22.4 Å². The second kappa shape index (κ2) is 5.31. The van der Waals surface area contributed by atoms with Gasteiger partial charge in [-0.25, -0.2) is 13.8 Å². The summed E-state index contributed by atoms with van der Waals surface area (Å²) in [6, 6.07) is 2.86. The molecule has 0 saturated carbocycles. The molecule has 1 amide bonds. The van der Waals surface area contributed by atoms with Gasteiger partial charge in [0.15, 0.2) is 17.5 Å². The van der Waals surface area contributed by atoms with Crippen molar-refractivity contribution in [2.45, 2.75) is 6.92 Å². The molecule has 6 nitrogen and oxygen atoms in total. The quantitative estimate of drug-likeness (QED) is 0.775. The predicted octanol–water partition coefficient (Wildman–Crippen LogP) is 2.16. The number of nitrogens with one attached hydrogen (secondary N) is 1. The lowest BCUT2D eigenvalue weighted by Crippen LogP contribution is -2.16. The molecular weight excluding hydrogens is 304 g/mol. The zero-order valence-electron chi connectivity index (χ0n) is 12.4. The van der Waals surface area contributed by atoms with Gasteiger partial charge in [-0.2, -0.15) is 5.10 Å². The molecule has 0 aliphatic rings. The highest BCUT2D eigenvalue weighted by Gasteiger charge is 2.20. The summed E-state index contributed by atoms with van der Waals surface area (Å²) < 4.78 is 30.2. The van der Waals surface area contributed by atoms with Crippen LogP contribution in [0.3, 0.4) is 0 Å². The number of amides is 1. The van der Waals surface area contributed by atoms with Crippen molar-refractivity contribution in [1.82, 2.24) is 19.7 Å². The van der Waals surface area contributed by atoms with Gasteiger partial charge in [-0.15, -0.1) is 0 Å². The van der Waals surface area contributed by atoms with Crippen molar-refractivity contribution in [3.63, 3.8) is 0 Å². The van der Waals surface area contributed by atoms with Crippen molar-refractivity contribution in [3.8, 4) is 22.4 Å². The first-order valence-electron chi connectivity index (χ1n) is 6.72. The van der Waals surface area contributed by atoms with Gasteiger partial charge in [0.05, 0.1) is 11.9 Å². The molecule has 8 heteroatoms. The molecule has 0 saturated heterocycles. The maximum absolute atomic E-state index is 14.4. The number of halogens is 2. The highest BCUT2D eigenvalue weighted by atomic mass is 19.2. The lowest BCUT2D eigenvalue weighted by Gasteiger charge is -2.06. The minimum atomic E-state index is -1.04. The fourth-order valence-corrected chi connectivity index (χ4v) is 2.40. The molecule has 3 aromatic rings. The zero-order chi connectivity index (χ0) is 16.7. The van der Waals surface area contributed by atoms with Crippen LogP contribution in [0.4, 0.5) is 8.78 Å². The number of benzene rings is 1. The SMILES string of the molecule is Cc1[nH]ncc1-c1ccc(-c2cn(C)c(C(N)=O)n2)c(F)c1F. The van der Waals surface area contributed by atoms with E-state index in [4.69, 9.17) is 5.73 Å². The average Bonchev–Trinajstić information content (AvgIpc) is 3.08. The van der Waals surface area contributed by atoms with Crippen LogP contribution >= 0.6 is 0 Å². The van der Waals surface area contributed by atoms with Crippen LogP contribution in [-0.2, 0) is 7.05 Å². The van der Waals surface area contributed by atoms with Gasteiger partial charge in [-0.3, -0.25) is 9.89 Å². The van der Waals surface area contributed by atoms with Crippen LogP contribution in [0.5, 0.6) is 0 Å². The summed E-state index contributed by atoms with van der Waals surface area (Å²) in [5.41, 5.74) is 6.47. The second-order valence-electron chi connectivity index (χ2n) is 5.12. The molecule has 0 aliphatic heterocycles. The number of hydrogen-bond donors (Lipinski definition) is 2. The molecule has 2 heterocycles. The van der Waals surface area contributed by atoms with Gasteiger partial charge in [-0.05, 0) is 13.0 Å². The van der Waals surface area contributed by atoms with Crippen molar-refractivity contribution in [1.29, 1.82) is 0 Å². The van der Waals surface area contributed by atoms with E-state index in [9.17, 15) is 13.6 Å². The maximum atomic E-state index is 14.4. The Hall–Kier alpha value is -3.03. The van der Waals surface area contributed by atoms with E-state index in [1.54, 1.807) is 14.0 Å². The first-order valence-corrected chi connectivity index (χ1v) is 6.72. The Morgan fingerprint density at radius 2 is 1.87 bits per heavy atom. The molecule has 0 aliphatic carbocycles. The monoisotopic (exact) mass is 317 g/mol. The van der Waals surface area contributed by atoms with Crippen molar-refractivity contribution < 1.29 is 13.6 Å². The molecule has 0 atom stereocenters. The molecule has 1 aromatic carbocycles. The van der Waals surface area contributed by atoms with Crippen LogP contribution in [0.15, 0.2) is 24.5 Å². The normalized spacial score (nSPS) is 11.0. The molecule has 0 unspecified atom stereocenters. The van der Waals surface area contributed by atoms with Crippen molar-refractivity contribution in [2.75, 3.05) is 0 Å². The Morgan fingerprint density at radius 1 is 1.22 bits per heavy atom. The number of aromatic nitrogens is 4. The lowest BCUT2D eigenvalue weighted by atomic mass is 10.0. The third-order valence-corrected chi connectivity index (χ3v) is 3.58. The smallest absolute Gasteiger partial charge is 0.284 e. The summed E-state index contributed by atoms with van der Waals surface area (Å²) in [5, 5.41) is 6.48. The van der Waals surface area contributed by atoms with E-state index in [0.29, 0.717) is 11.3 Å². The molecule has 3 N–H and O–H groups in total. The molecule has 3 rings (SSSR count). The topological polar surface area (TPSA) is 89.6 Å². The molecule has 0 fully saturated rings. The number of hydrogen-bond acceptors (Lipinski definition) is 3. The summed E-state index contributed by atoms with van der Waals surface area (Å²) in [4.78, 5) is 15.2. The molecule has 0 bridgehead atoms. The van der Waals surface area contributed by atoms with Gasteiger partial charge in [0.25, 0.3) is 5.91 Å². The molecule has 23 heavy (non-hydrogen) atoms.